The smallest absolute Gasteiger partial charge is 0.459 e. The van der Waals surface area contributed by atoms with Crippen LogP contribution in [0.25, 0.3) is 16.3 Å². The predicted octanol–water partition coefficient (Wildman–Crippen LogP) is 7.92. The van der Waals surface area contributed by atoms with Crippen molar-refractivity contribution < 1.29 is 38.1 Å². The molecule has 56 heavy (non-hydrogen) atoms. The van der Waals surface area contributed by atoms with Crippen molar-refractivity contribution in [3.8, 4) is 5.75 Å². The SMILES string of the molecule is CCCCC/C=C\C/C=C\CCCCCCCCOC(=O)[C@H](C)NP(=O)(Oc1cccc2ccccc12)OC1[C@H]2O[C@@H](c3ccc4c(N)ncnn34)[C@H](O)[C@@]12O. The minimum absolute atomic E-state index is 0.228. The standard InChI is InChI=1S/C42H56N5O8P/c1-3-4-5-6-7-8-9-10-11-12-13-14-15-16-17-20-28-52-41(49)30(2)46-56(51,54-35-25-21-23-31-22-18-19-24-32(31)35)55-39-38-42(39,50)37(48)36(53-38)33-26-27-34-40(43)44-29-45-47(33)34/h7-8,10-11,18-19,21-27,29-30,36-39,48,50H,3-6,9,12-17,20,28H2,1-2H3,(H,46,51)(H2,43,44,45)/b8-7-,11-10-/t30-,36-,37-,38+,39?,42-,56?/m0/s1. The summed E-state index contributed by atoms with van der Waals surface area (Å²) in [6.07, 6.45) is 18.9. The third kappa shape index (κ3) is 9.88. The maximum atomic E-state index is 14.6. The van der Waals surface area contributed by atoms with Gasteiger partial charge in [-0.15, -0.1) is 0 Å². The molecule has 0 bridgehead atoms. The van der Waals surface area contributed by atoms with E-state index in [1.54, 1.807) is 24.3 Å². The maximum absolute atomic E-state index is 14.6. The maximum Gasteiger partial charge on any atom is 0.459 e. The largest absolute Gasteiger partial charge is 0.465 e. The van der Waals surface area contributed by atoms with Crippen molar-refractivity contribution in [3.05, 3.63) is 90.9 Å². The molecule has 1 saturated carbocycles. The lowest BCUT2D eigenvalue weighted by molar-refractivity contribution is -0.145. The van der Waals surface area contributed by atoms with Gasteiger partial charge in [-0.3, -0.25) is 9.32 Å². The number of carbonyl (C=O) groups is 1. The number of nitrogens with one attached hydrogen (secondary N) is 1. The third-order valence-electron chi connectivity index (χ3n) is 10.4. The van der Waals surface area contributed by atoms with Crippen LogP contribution in [0.2, 0.25) is 0 Å². The molecule has 0 amide bonds. The molecule has 2 unspecified atom stereocenters. The van der Waals surface area contributed by atoms with Gasteiger partial charge in [0.1, 0.15) is 48.1 Å². The number of allylic oxidation sites excluding steroid dienone is 4. The number of esters is 1. The molecular weight excluding hydrogens is 733 g/mol. The summed E-state index contributed by atoms with van der Waals surface area (Å²) in [5, 5.41) is 31.3. The van der Waals surface area contributed by atoms with Crippen molar-refractivity contribution in [2.45, 2.75) is 127 Å². The van der Waals surface area contributed by atoms with Crippen molar-refractivity contribution in [1.29, 1.82) is 0 Å². The molecule has 6 rings (SSSR count). The lowest BCUT2D eigenvalue weighted by Crippen LogP contribution is -2.38. The number of hydrogen-bond acceptors (Lipinski definition) is 11. The monoisotopic (exact) mass is 789 g/mol. The average Bonchev–Trinajstić information content (AvgIpc) is 3.42. The van der Waals surface area contributed by atoms with Gasteiger partial charge in [-0.1, -0.05) is 106 Å². The fourth-order valence-electron chi connectivity index (χ4n) is 7.19. The molecule has 2 aromatic carbocycles. The molecule has 2 fully saturated rings. The fourth-order valence-corrected chi connectivity index (χ4v) is 8.93. The Balaban J connectivity index is 0.986. The Morgan fingerprint density at radius 1 is 1.00 bits per heavy atom. The van der Waals surface area contributed by atoms with E-state index < -0.39 is 49.8 Å². The van der Waals surface area contributed by atoms with E-state index in [0.29, 0.717) is 23.0 Å². The molecule has 1 aliphatic heterocycles. The second-order valence-corrected chi connectivity index (χ2v) is 16.4. The number of rotatable bonds is 23. The van der Waals surface area contributed by atoms with E-state index in [2.05, 4.69) is 46.4 Å². The number of aromatic nitrogens is 3. The van der Waals surface area contributed by atoms with Crippen LogP contribution in [0.5, 0.6) is 5.75 Å². The summed E-state index contributed by atoms with van der Waals surface area (Å²) in [5.74, 6) is -0.129. The van der Waals surface area contributed by atoms with Crippen molar-refractivity contribution in [2.75, 3.05) is 12.3 Å². The minimum atomic E-state index is -4.43. The van der Waals surface area contributed by atoms with Gasteiger partial charge in [0.25, 0.3) is 0 Å². The summed E-state index contributed by atoms with van der Waals surface area (Å²) in [7, 11) is -4.43. The van der Waals surface area contributed by atoms with Gasteiger partial charge in [0.2, 0.25) is 0 Å². The number of aliphatic hydroxyl groups is 2. The molecule has 14 heteroatoms. The van der Waals surface area contributed by atoms with Crippen LogP contribution in [0, 0.1) is 0 Å². The Kier molecular flexibility index (Phi) is 14.4. The van der Waals surface area contributed by atoms with Crippen LogP contribution in [-0.4, -0.2) is 67.3 Å². The summed E-state index contributed by atoms with van der Waals surface area (Å²) in [4.78, 5) is 17.1. The van der Waals surface area contributed by atoms with Crippen molar-refractivity contribution in [2.24, 2.45) is 0 Å². The quantitative estimate of drug-likeness (QED) is 0.0247. The Bertz CT molecular complexity index is 2020. The number of nitrogens with two attached hydrogens (primary N) is 1. The van der Waals surface area contributed by atoms with Crippen molar-refractivity contribution in [1.82, 2.24) is 19.7 Å². The molecule has 0 radical (unpaired) electrons. The second kappa shape index (κ2) is 19.4. The van der Waals surface area contributed by atoms with Crippen LogP contribution in [0.15, 0.2) is 85.2 Å². The average molecular weight is 790 g/mol. The highest BCUT2D eigenvalue weighted by molar-refractivity contribution is 7.52. The first-order valence-electron chi connectivity index (χ1n) is 20.0. The van der Waals surface area contributed by atoms with Crippen LogP contribution < -0.4 is 15.3 Å². The molecular formula is C42H56N5O8P. The molecule has 1 saturated heterocycles. The Hall–Kier alpha value is -4.10. The molecule has 4 aromatic rings. The van der Waals surface area contributed by atoms with Gasteiger partial charge in [-0.05, 0) is 69.0 Å². The fraction of sp³-hybridized carbons (Fsp3) is 0.500. The summed E-state index contributed by atoms with van der Waals surface area (Å²) >= 11 is 0. The zero-order valence-electron chi connectivity index (χ0n) is 32.4. The van der Waals surface area contributed by atoms with E-state index in [1.807, 2.05) is 30.3 Å². The number of anilines is 1. The van der Waals surface area contributed by atoms with Gasteiger partial charge in [-0.2, -0.15) is 10.2 Å². The Labute approximate surface area is 328 Å². The van der Waals surface area contributed by atoms with Gasteiger partial charge < -0.3 is 29.9 Å². The number of ether oxygens (including phenoxy) is 2. The van der Waals surface area contributed by atoms with Crippen molar-refractivity contribution in [3.63, 3.8) is 0 Å². The highest BCUT2D eigenvalue weighted by Gasteiger charge is 2.79. The van der Waals surface area contributed by atoms with E-state index in [0.717, 1.165) is 50.3 Å². The Morgan fingerprint density at radius 2 is 1.71 bits per heavy atom. The van der Waals surface area contributed by atoms with Crippen LogP contribution in [0.4, 0.5) is 5.82 Å². The van der Waals surface area contributed by atoms with Crippen LogP contribution >= 0.6 is 7.75 Å². The van der Waals surface area contributed by atoms with Crippen LogP contribution in [0.1, 0.15) is 103 Å². The highest BCUT2D eigenvalue weighted by Crippen LogP contribution is 2.62. The molecule has 3 heterocycles. The molecule has 7 atom stereocenters. The molecule has 1 aliphatic carbocycles. The Morgan fingerprint density at radius 3 is 2.46 bits per heavy atom. The number of carbonyl (C=O) groups excluding carboxylic acids is 1. The number of fused-ring (bicyclic) bond motifs is 3. The zero-order chi connectivity index (χ0) is 39.5. The molecule has 13 nitrogen and oxygen atoms in total. The van der Waals surface area contributed by atoms with E-state index in [4.69, 9.17) is 24.3 Å². The van der Waals surface area contributed by atoms with Crippen LogP contribution in [0.3, 0.4) is 0 Å². The van der Waals surface area contributed by atoms with Gasteiger partial charge >= 0.3 is 13.7 Å². The number of unbranched alkanes of at least 4 members (excludes halogenated alkanes) is 9. The normalized spacial score (nSPS) is 23.5. The second-order valence-electron chi connectivity index (χ2n) is 14.7. The first kappa shape index (κ1) is 41.5. The summed E-state index contributed by atoms with van der Waals surface area (Å²) in [6.45, 7) is 3.97. The predicted molar refractivity (Wildman–Crippen MR) is 216 cm³/mol. The number of hydrogen-bond donors (Lipinski definition) is 4. The third-order valence-corrected chi connectivity index (χ3v) is 12.1. The lowest BCUT2D eigenvalue weighted by atomic mass is 10.1. The minimum Gasteiger partial charge on any atom is -0.465 e. The number of nitrogen functional groups attached to an aromatic ring is 1. The van der Waals surface area contributed by atoms with E-state index in [9.17, 15) is 19.6 Å². The van der Waals surface area contributed by atoms with E-state index in [1.165, 1.54) is 43.4 Å². The molecule has 2 aromatic heterocycles. The highest BCUT2D eigenvalue weighted by atomic mass is 31.2. The zero-order valence-corrected chi connectivity index (χ0v) is 33.3. The topological polar surface area (TPSA) is 180 Å². The van der Waals surface area contributed by atoms with Gasteiger partial charge in [0, 0.05) is 5.39 Å². The number of aliphatic hydroxyl groups excluding tert-OH is 1. The van der Waals surface area contributed by atoms with Gasteiger partial charge in [-0.25, -0.2) is 14.1 Å². The molecule has 302 valence electrons. The molecule has 0 spiro atoms. The lowest BCUT2D eigenvalue weighted by Gasteiger charge is -2.26. The van der Waals surface area contributed by atoms with Crippen LogP contribution in [-0.2, 0) is 23.4 Å². The van der Waals surface area contributed by atoms with E-state index >= 15 is 0 Å². The first-order valence-corrected chi connectivity index (χ1v) is 21.5. The molecule has 2 aliphatic rings. The molecule has 5 N–H and O–H groups in total. The number of benzene rings is 2. The summed E-state index contributed by atoms with van der Waals surface area (Å²) in [6, 6.07) is 15.0. The van der Waals surface area contributed by atoms with E-state index in [-0.39, 0.29) is 18.2 Å². The number of nitrogens with zero attached hydrogens (tertiary/aromatic N) is 3. The summed E-state index contributed by atoms with van der Waals surface area (Å²) < 4.78 is 39.7. The van der Waals surface area contributed by atoms with Gasteiger partial charge in [0.05, 0.1) is 12.3 Å². The van der Waals surface area contributed by atoms with Gasteiger partial charge in [0.15, 0.2) is 11.4 Å². The summed E-state index contributed by atoms with van der Waals surface area (Å²) in [5.41, 5.74) is 5.02. The first-order chi connectivity index (χ1) is 27.2. The van der Waals surface area contributed by atoms with Crippen molar-refractivity contribution >= 4 is 35.8 Å².